The number of fused-ring (bicyclic) bond motifs is 1. The highest BCUT2D eigenvalue weighted by Crippen LogP contribution is 2.23. The van der Waals surface area contributed by atoms with Crippen LogP contribution in [0.15, 0.2) is 6.20 Å². The van der Waals surface area contributed by atoms with Gasteiger partial charge in [0, 0.05) is 13.2 Å². The highest BCUT2D eigenvalue weighted by atomic mass is 16.5. The molecule has 3 rings (SSSR count). The Labute approximate surface area is 89.6 Å². The van der Waals surface area contributed by atoms with Gasteiger partial charge in [0.2, 0.25) is 0 Å². The Morgan fingerprint density at radius 3 is 3.40 bits per heavy atom. The van der Waals surface area contributed by atoms with E-state index in [1.165, 1.54) is 17.7 Å². The lowest BCUT2D eigenvalue weighted by Crippen LogP contribution is -2.29. The first-order chi connectivity index (χ1) is 7.45. The van der Waals surface area contributed by atoms with Gasteiger partial charge < -0.3 is 10.1 Å². The molecule has 2 aliphatic rings. The van der Waals surface area contributed by atoms with Crippen molar-refractivity contribution in [2.45, 2.75) is 31.8 Å². The molecule has 0 bridgehead atoms. The monoisotopic (exact) mass is 207 g/mol. The van der Waals surface area contributed by atoms with Crippen molar-refractivity contribution in [2.24, 2.45) is 0 Å². The maximum Gasteiger partial charge on any atom is 0.0757 e. The van der Waals surface area contributed by atoms with Crippen LogP contribution >= 0.6 is 0 Å². The number of hydrogen-bond donors (Lipinski definition) is 1. The molecule has 0 aromatic carbocycles. The third-order valence-electron chi connectivity index (χ3n) is 3.33. The summed E-state index contributed by atoms with van der Waals surface area (Å²) in [7, 11) is 0. The van der Waals surface area contributed by atoms with E-state index in [-0.39, 0.29) is 0 Å². The van der Waals surface area contributed by atoms with Crippen molar-refractivity contribution in [1.82, 2.24) is 15.1 Å². The Hall–Kier alpha value is -0.870. The normalized spacial score (nSPS) is 26.3. The summed E-state index contributed by atoms with van der Waals surface area (Å²) in [5.41, 5.74) is 2.79. The van der Waals surface area contributed by atoms with E-state index in [0.717, 1.165) is 39.1 Å². The Morgan fingerprint density at radius 2 is 2.53 bits per heavy atom. The third kappa shape index (κ3) is 1.68. The topological polar surface area (TPSA) is 39.1 Å². The lowest BCUT2D eigenvalue weighted by Gasteiger charge is -2.25. The van der Waals surface area contributed by atoms with Gasteiger partial charge in [0.1, 0.15) is 0 Å². The van der Waals surface area contributed by atoms with Crippen LogP contribution in [0.4, 0.5) is 0 Å². The highest BCUT2D eigenvalue weighted by molar-refractivity contribution is 5.21. The molecule has 1 saturated heterocycles. The number of ether oxygens (including phenoxy) is 1. The summed E-state index contributed by atoms with van der Waals surface area (Å²) in [6.45, 7) is 3.79. The number of aromatic nitrogens is 2. The Kier molecular flexibility index (Phi) is 2.46. The maximum absolute atomic E-state index is 5.52. The zero-order valence-corrected chi connectivity index (χ0v) is 8.91. The van der Waals surface area contributed by atoms with Gasteiger partial charge in [-0.25, -0.2) is 0 Å². The van der Waals surface area contributed by atoms with Crippen LogP contribution in [-0.2, 0) is 17.7 Å². The molecule has 1 aromatic heterocycles. The molecule has 1 fully saturated rings. The van der Waals surface area contributed by atoms with Crippen molar-refractivity contribution in [3.63, 3.8) is 0 Å². The van der Waals surface area contributed by atoms with Gasteiger partial charge in [-0.1, -0.05) is 0 Å². The average molecular weight is 207 g/mol. The first kappa shape index (κ1) is 9.36. The van der Waals surface area contributed by atoms with Crippen LogP contribution in [-0.4, -0.2) is 29.5 Å². The highest BCUT2D eigenvalue weighted by Gasteiger charge is 2.22. The molecular weight excluding hydrogens is 190 g/mol. The average Bonchev–Trinajstić information content (AvgIpc) is 2.74. The molecule has 0 spiro atoms. The first-order valence-corrected chi connectivity index (χ1v) is 5.79. The van der Waals surface area contributed by atoms with E-state index >= 15 is 0 Å². The van der Waals surface area contributed by atoms with Crippen molar-refractivity contribution in [3.8, 4) is 0 Å². The van der Waals surface area contributed by atoms with E-state index in [1.54, 1.807) is 0 Å². The second kappa shape index (κ2) is 3.94. The molecule has 82 valence electrons. The summed E-state index contributed by atoms with van der Waals surface area (Å²) >= 11 is 0. The van der Waals surface area contributed by atoms with Gasteiger partial charge in [-0.2, -0.15) is 5.10 Å². The molecule has 1 unspecified atom stereocenters. The van der Waals surface area contributed by atoms with E-state index in [2.05, 4.69) is 15.1 Å². The predicted octanol–water partition coefficient (Wildman–Crippen LogP) is 0.880. The fourth-order valence-corrected chi connectivity index (χ4v) is 2.49. The molecule has 1 atom stereocenters. The van der Waals surface area contributed by atoms with Gasteiger partial charge in [-0.3, -0.25) is 4.68 Å². The summed E-state index contributed by atoms with van der Waals surface area (Å²) in [5, 5.41) is 7.92. The van der Waals surface area contributed by atoms with Crippen molar-refractivity contribution in [1.29, 1.82) is 0 Å². The van der Waals surface area contributed by atoms with Crippen molar-refractivity contribution in [3.05, 3.63) is 17.5 Å². The van der Waals surface area contributed by atoms with Gasteiger partial charge in [0.25, 0.3) is 0 Å². The second-order valence-corrected chi connectivity index (χ2v) is 4.36. The predicted molar refractivity (Wildman–Crippen MR) is 56.7 cm³/mol. The van der Waals surface area contributed by atoms with E-state index in [0.29, 0.717) is 6.04 Å². The standard InChI is InChI=1S/C11H17N3O/c1-2-10(8-15-5-1)14-11-7-12-4-3-9(11)6-13-14/h6,10,12H,1-5,7-8H2. The van der Waals surface area contributed by atoms with Crippen LogP contribution in [0.1, 0.15) is 30.1 Å². The Morgan fingerprint density at radius 1 is 1.53 bits per heavy atom. The first-order valence-electron chi connectivity index (χ1n) is 5.79. The number of nitrogens with one attached hydrogen (secondary N) is 1. The van der Waals surface area contributed by atoms with Gasteiger partial charge in [0.05, 0.1) is 24.5 Å². The molecule has 3 heterocycles. The quantitative estimate of drug-likeness (QED) is 0.743. The minimum atomic E-state index is 0.461. The van der Waals surface area contributed by atoms with Gasteiger partial charge in [-0.15, -0.1) is 0 Å². The molecule has 1 N–H and O–H groups in total. The molecule has 0 saturated carbocycles. The van der Waals surface area contributed by atoms with Gasteiger partial charge in [0.15, 0.2) is 0 Å². The third-order valence-corrected chi connectivity index (χ3v) is 3.33. The number of hydrogen-bond acceptors (Lipinski definition) is 3. The lowest BCUT2D eigenvalue weighted by atomic mass is 10.1. The van der Waals surface area contributed by atoms with Crippen LogP contribution in [0, 0.1) is 0 Å². The molecule has 1 aromatic rings. The molecule has 0 aliphatic carbocycles. The molecular formula is C11H17N3O. The van der Waals surface area contributed by atoms with E-state index in [4.69, 9.17) is 4.74 Å². The Bertz CT molecular complexity index is 342. The van der Waals surface area contributed by atoms with Gasteiger partial charge in [-0.05, 0) is 31.4 Å². The van der Waals surface area contributed by atoms with Crippen LogP contribution in [0.2, 0.25) is 0 Å². The minimum Gasteiger partial charge on any atom is -0.379 e. The zero-order chi connectivity index (χ0) is 10.1. The molecule has 0 radical (unpaired) electrons. The van der Waals surface area contributed by atoms with E-state index in [1.807, 2.05) is 6.20 Å². The van der Waals surface area contributed by atoms with Crippen molar-refractivity contribution in [2.75, 3.05) is 19.8 Å². The maximum atomic E-state index is 5.52. The second-order valence-electron chi connectivity index (χ2n) is 4.36. The summed E-state index contributed by atoms with van der Waals surface area (Å²) in [5.74, 6) is 0. The SMILES string of the molecule is c1nn(C2CCCOC2)c2c1CCNC2. The van der Waals surface area contributed by atoms with E-state index in [9.17, 15) is 0 Å². The molecule has 4 heteroatoms. The van der Waals surface area contributed by atoms with E-state index < -0.39 is 0 Å². The van der Waals surface area contributed by atoms with Crippen molar-refractivity contribution < 1.29 is 4.74 Å². The summed E-state index contributed by atoms with van der Waals surface area (Å²) < 4.78 is 7.70. The summed E-state index contributed by atoms with van der Waals surface area (Å²) in [6, 6.07) is 0.461. The lowest BCUT2D eigenvalue weighted by molar-refractivity contribution is 0.0536. The minimum absolute atomic E-state index is 0.461. The number of rotatable bonds is 1. The van der Waals surface area contributed by atoms with Crippen LogP contribution in [0.3, 0.4) is 0 Å². The van der Waals surface area contributed by atoms with Gasteiger partial charge >= 0.3 is 0 Å². The molecule has 15 heavy (non-hydrogen) atoms. The smallest absolute Gasteiger partial charge is 0.0757 e. The Balaban J connectivity index is 1.87. The van der Waals surface area contributed by atoms with Crippen LogP contribution < -0.4 is 5.32 Å². The fourth-order valence-electron chi connectivity index (χ4n) is 2.49. The van der Waals surface area contributed by atoms with Crippen LogP contribution in [0.25, 0.3) is 0 Å². The van der Waals surface area contributed by atoms with Crippen LogP contribution in [0.5, 0.6) is 0 Å². The fraction of sp³-hybridized carbons (Fsp3) is 0.727. The molecule has 4 nitrogen and oxygen atoms in total. The largest absolute Gasteiger partial charge is 0.379 e. The number of nitrogens with zero attached hydrogens (tertiary/aromatic N) is 2. The zero-order valence-electron chi connectivity index (χ0n) is 8.91. The summed E-state index contributed by atoms with van der Waals surface area (Å²) in [6.07, 6.45) is 5.51. The van der Waals surface area contributed by atoms with Crippen molar-refractivity contribution >= 4 is 0 Å². The molecule has 0 amide bonds. The molecule has 2 aliphatic heterocycles. The summed E-state index contributed by atoms with van der Waals surface area (Å²) in [4.78, 5) is 0.